The second kappa shape index (κ2) is 3.69. The van der Waals surface area contributed by atoms with Gasteiger partial charge in [-0.1, -0.05) is 0 Å². The number of rotatable bonds is 1. The third-order valence-electron chi connectivity index (χ3n) is 2.24. The van der Waals surface area contributed by atoms with Crippen molar-refractivity contribution in [3.05, 3.63) is 58.1 Å². The first-order chi connectivity index (χ1) is 7.16. The van der Waals surface area contributed by atoms with Gasteiger partial charge in [0, 0.05) is 24.0 Å². The standard InChI is InChI=1S/C12H10FNO/c1-8-6-9(2-3-11(8)13)12-7-10(15)4-5-14-12/h2-7H,1H3,(H,14,15). The van der Waals surface area contributed by atoms with Gasteiger partial charge in [0.25, 0.3) is 0 Å². The summed E-state index contributed by atoms with van der Waals surface area (Å²) in [5.74, 6) is -0.239. The number of halogens is 1. The number of aromatic nitrogens is 1. The Morgan fingerprint density at radius 1 is 1.20 bits per heavy atom. The van der Waals surface area contributed by atoms with Crippen molar-refractivity contribution in [2.75, 3.05) is 0 Å². The molecule has 0 saturated carbocycles. The first-order valence-electron chi connectivity index (χ1n) is 4.62. The summed E-state index contributed by atoms with van der Waals surface area (Å²) in [4.78, 5) is 14.1. The molecule has 0 aliphatic carbocycles. The number of pyridine rings is 1. The number of hydrogen-bond donors (Lipinski definition) is 1. The predicted octanol–water partition coefficient (Wildman–Crippen LogP) is 2.49. The van der Waals surface area contributed by atoms with Crippen LogP contribution in [-0.2, 0) is 0 Å². The Balaban J connectivity index is 2.55. The van der Waals surface area contributed by atoms with Gasteiger partial charge in [-0.2, -0.15) is 0 Å². The van der Waals surface area contributed by atoms with E-state index in [-0.39, 0.29) is 11.2 Å². The minimum atomic E-state index is -0.239. The number of benzene rings is 1. The second-order valence-corrected chi connectivity index (χ2v) is 3.40. The molecule has 0 atom stereocenters. The molecule has 0 unspecified atom stereocenters. The quantitative estimate of drug-likeness (QED) is 0.758. The number of nitrogens with one attached hydrogen (secondary N) is 1. The van der Waals surface area contributed by atoms with E-state index in [1.807, 2.05) is 0 Å². The number of H-pyrrole nitrogens is 1. The van der Waals surface area contributed by atoms with Crippen molar-refractivity contribution in [3.8, 4) is 11.3 Å². The fourth-order valence-electron chi connectivity index (χ4n) is 1.42. The molecule has 0 aliphatic rings. The van der Waals surface area contributed by atoms with Crippen molar-refractivity contribution < 1.29 is 4.39 Å². The highest BCUT2D eigenvalue weighted by Gasteiger charge is 2.01. The lowest BCUT2D eigenvalue weighted by molar-refractivity contribution is 0.619. The predicted molar refractivity (Wildman–Crippen MR) is 57.2 cm³/mol. The summed E-state index contributed by atoms with van der Waals surface area (Å²) >= 11 is 0. The van der Waals surface area contributed by atoms with Gasteiger partial charge in [-0.3, -0.25) is 4.79 Å². The van der Waals surface area contributed by atoms with Gasteiger partial charge in [0.1, 0.15) is 5.82 Å². The molecular weight excluding hydrogens is 193 g/mol. The Morgan fingerprint density at radius 3 is 2.67 bits per heavy atom. The topological polar surface area (TPSA) is 32.9 Å². The Morgan fingerprint density at radius 2 is 2.00 bits per heavy atom. The molecule has 0 fully saturated rings. The van der Waals surface area contributed by atoms with E-state index in [0.717, 1.165) is 5.56 Å². The zero-order valence-corrected chi connectivity index (χ0v) is 8.25. The lowest BCUT2D eigenvalue weighted by Gasteiger charge is -2.03. The fourth-order valence-corrected chi connectivity index (χ4v) is 1.42. The molecule has 1 heterocycles. The van der Waals surface area contributed by atoms with Crippen molar-refractivity contribution in [3.63, 3.8) is 0 Å². The van der Waals surface area contributed by atoms with Gasteiger partial charge < -0.3 is 4.98 Å². The van der Waals surface area contributed by atoms with E-state index in [0.29, 0.717) is 11.3 Å². The summed E-state index contributed by atoms with van der Waals surface area (Å²) in [5, 5.41) is 0. The van der Waals surface area contributed by atoms with Crippen LogP contribution in [-0.4, -0.2) is 4.98 Å². The Kier molecular flexibility index (Phi) is 2.37. The van der Waals surface area contributed by atoms with Crippen LogP contribution in [0.4, 0.5) is 4.39 Å². The van der Waals surface area contributed by atoms with E-state index >= 15 is 0 Å². The summed E-state index contributed by atoms with van der Waals surface area (Å²) in [7, 11) is 0. The minimum Gasteiger partial charge on any atom is -0.361 e. The Labute approximate surface area is 86.4 Å². The second-order valence-electron chi connectivity index (χ2n) is 3.40. The van der Waals surface area contributed by atoms with E-state index in [2.05, 4.69) is 4.98 Å². The van der Waals surface area contributed by atoms with Crippen molar-refractivity contribution in [2.45, 2.75) is 6.92 Å². The van der Waals surface area contributed by atoms with Crippen molar-refractivity contribution >= 4 is 0 Å². The zero-order chi connectivity index (χ0) is 10.8. The van der Waals surface area contributed by atoms with Gasteiger partial charge >= 0.3 is 0 Å². The van der Waals surface area contributed by atoms with Crippen molar-refractivity contribution in [1.82, 2.24) is 4.98 Å². The average molecular weight is 203 g/mol. The van der Waals surface area contributed by atoms with E-state index in [1.54, 1.807) is 25.3 Å². The molecule has 76 valence electrons. The van der Waals surface area contributed by atoms with Crippen LogP contribution in [0, 0.1) is 12.7 Å². The smallest absolute Gasteiger partial charge is 0.182 e. The lowest BCUT2D eigenvalue weighted by Crippen LogP contribution is -1.98. The highest BCUT2D eigenvalue weighted by Crippen LogP contribution is 2.18. The highest BCUT2D eigenvalue weighted by atomic mass is 19.1. The number of hydrogen-bond acceptors (Lipinski definition) is 1. The molecule has 1 N–H and O–H groups in total. The fraction of sp³-hybridized carbons (Fsp3) is 0.0833. The van der Waals surface area contributed by atoms with Crippen LogP contribution in [0.2, 0.25) is 0 Å². The Hall–Kier alpha value is -1.90. The first-order valence-corrected chi connectivity index (χ1v) is 4.62. The Bertz CT molecular complexity index is 545. The van der Waals surface area contributed by atoms with Crippen LogP contribution < -0.4 is 5.43 Å². The molecule has 2 nitrogen and oxygen atoms in total. The zero-order valence-electron chi connectivity index (χ0n) is 8.25. The van der Waals surface area contributed by atoms with Gasteiger partial charge in [0.2, 0.25) is 0 Å². The molecule has 1 aromatic carbocycles. The van der Waals surface area contributed by atoms with E-state index in [9.17, 15) is 9.18 Å². The third-order valence-corrected chi connectivity index (χ3v) is 2.24. The van der Waals surface area contributed by atoms with E-state index in [4.69, 9.17) is 0 Å². The number of aryl methyl sites for hydroxylation is 1. The highest BCUT2D eigenvalue weighted by molar-refractivity contribution is 5.59. The molecule has 2 aromatic rings. The SMILES string of the molecule is Cc1cc(-c2cc(=O)cc[nH]2)ccc1F. The largest absolute Gasteiger partial charge is 0.361 e. The van der Waals surface area contributed by atoms with E-state index < -0.39 is 0 Å². The molecule has 0 amide bonds. The minimum absolute atomic E-state index is 0.0641. The third kappa shape index (κ3) is 1.96. The molecule has 2 rings (SSSR count). The molecule has 0 radical (unpaired) electrons. The summed E-state index contributed by atoms with van der Waals surface area (Å²) < 4.78 is 13.0. The maximum Gasteiger partial charge on any atom is 0.182 e. The summed E-state index contributed by atoms with van der Waals surface area (Å²) in [5.41, 5.74) is 2.01. The molecule has 15 heavy (non-hydrogen) atoms. The molecule has 0 saturated heterocycles. The van der Waals surface area contributed by atoms with Crippen LogP contribution in [0.25, 0.3) is 11.3 Å². The molecule has 0 aliphatic heterocycles. The van der Waals surface area contributed by atoms with Gasteiger partial charge in [-0.05, 0) is 36.2 Å². The van der Waals surface area contributed by atoms with Gasteiger partial charge in [-0.25, -0.2) is 4.39 Å². The van der Waals surface area contributed by atoms with Crippen LogP contribution in [0.1, 0.15) is 5.56 Å². The molecule has 0 spiro atoms. The molecule has 0 bridgehead atoms. The van der Waals surface area contributed by atoms with Crippen molar-refractivity contribution in [2.24, 2.45) is 0 Å². The van der Waals surface area contributed by atoms with Crippen LogP contribution in [0.3, 0.4) is 0 Å². The van der Waals surface area contributed by atoms with Gasteiger partial charge in [0.15, 0.2) is 5.43 Å². The van der Waals surface area contributed by atoms with Crippen LogP contribution in [0.15, 0.2) is 41.3 Å². The van der Waals surface area contributed by atoms with Gasteiger partial charge in [0.05, 0.1) is 0 Å². The maximum atomic E-state index is 13.0. The summed E-state index contributed by atoms with van der Waals surface area (Å²) in [6.45, 7) is 1.69. The number of aromatic amines is 1. The average Bonchev–Trinajstić information content (AvgIpc) is 2.22. The molecule has 3 heteroatoms. The normalized spacial score (nSPS) is 10.3. The maximum absolute atomic E-state index is 13.0. The van der Waals surface area contributed by atoms with Gasteiger partial charge in [-0.15, -0.1) is 0 Å². The van der Waals surface area contributed by atoms with Crippen molar-refractivity contribution in [1.29, 1.82) is 0 Å². The summed E-state index contributed by atoms with van der Waals surface area (Å²) in [6.07, 6.45) is 1.58. The lowest BCUT2D eigenvalue weighted by atomic mass is 10.1. The molecule has 1 aromatic heterocycles. The molecular formula is C12H10FNO. The summed E-state index contributed by atoms with van der Waals surface area (Å²) in [6, 6.07) is 7.69. The monoisotopic (exact) mass is 203 g/mol. The van der Waals surface area contributed by atoms with E-state index in [1.165, 1.54) is 18.2 Å². The van der Waals surface area contributed by atoms with Crippen LogP contribution in [0.5, 0.6) is 0 Å². The van der Waals surface area contributed by atoms with Crippen LogP contribution >= 0.6 is 0 Å². The first kappa shape index (κ1) is 9.65.